The summed E-state index contributed by atoms with van der Waals surface area (Å²) in [6.07, 6.45) is -3.60. The highest BCUT2D eigenvalue weighted by molar-refractivity contribution is 5.82. The molecule has 4 nitrogen and oxygen atoms in total. The maximum atomic E-state index is 12.4. The molecule has 0 amide bonds. The molecule has 0 saturated heterocycles. The molecular weight excluding hydrogens is 225 g/mol. The van der Waals surface area contributed by atoms with Crippen LogP contribution in [0.2, 0.25) is 0 Å². The van der Waals surface area contributed by atoms with Crippen molar-refractivity contribution in [2.24, 2.45) is 0 Å². The number of aromatic amines is 1. The van der Waals surface area contributed by atoms with E-state index in [1.807, 2.05) is 4.98 Å². The van der Waals surface area contributed by atoms with Crippen LogP contribution in [0.15, 0.2) is 23.1 Å². The molecule has 0 fully saturated rings. The lowest BCUT2D eigenvalue weighted by Crippen LogP contribution is -2.21. The fourth-order valence-electron chi connectivity index (χ4n) is 1.37. The summed E-state index contributed by atoms with van der Waals surface area (Å²) >= 11 is 0. The molecule has 0 spiro atoms. The number of hydrogen-bond acceptors (Lipinski definition) is 3. The predicted molar refractivity (Wildman–Crippen MR) is 49.0 cm³/mol. The molecule has 2 aromatic heterocycles. The van der Waals surface area contributed by atoms with Crippen LogP contribution in [-0.2, 0) is 6.18 Å². The van der Waals surface area contributed by atoms with Crippen molar-refractivity contribution in [1.29, 1.82) is 0 Å². The third-order valence-electron chi connectivity index (χ3n) is 2.04. The SMILES string of the molecule is O=c1[nH]c2ncccc2c(O)c1C(F)(F)F. The molecule has 0 bridgehead atoms. The summed E-state index contributed by atoms with van der Waals surface area (Å²) in [5.74, 6) is -1.10. The van der Waals surface area contributed by atoms with Crippen LogP contribution in [-0.4, -0.2) is 15.1 Å². The van der Waals surface area contributed by atoms with E-state index in [4.69, 9.17) is 0 Å². The Balaban J connectivity index is 2.92. The molecule has 0 aliphatic rings. The minimum absolute atomic E-state index is 0.0852. The first-order chi connectivity index (χ1) is 7.41. The van der Waals surface area contributed by atoms with Crippen molar-refractivity contribution in [2.75, 3.05) is 0 Å². The molecule has 2 aromatic rings. The van der Waals surface area contributed by atoms with E-state index in [0.29, 0.717) is 0 Å². The molecule has 2 rings (SSSR count). The summed E-state index contributed by atoms with van der Waals surface area (Å²) in [6, 6.07) is 2.60. The average molecular weight is 230 g/mol. The van der Waals surface area contributed by atoms with Gasteiger partial charge in [-0.25, -0.2) is 4.98 Å². The molecular formula is C9H5F3N2O2. The van der Waals surface area contributed by atoms with Gasteiger partial charge in [-0.15, -0.1) is 0 Å². The fourth-order valence-corrected chi connectivity index (χ4v) is 1.37. The highest BCUT2D eigenvalue weighted by Crippen LogP contribution is 2.35. The zero-order valence-electron chi connectivity index (χ0n) is 7.67. The highest BCUT2D eigenvalue weighted by Gasteiger charge is 2.38. The monoisotopic (exact) mass is 230 g/mol. The number of hydrogen-bond donors (Lipinski definition) is 2. The Morgan fingerprint density at radius 2 is 2.06 bits per heavy atom. The number of aromatic hydroxyl groups is 1. The molecule has 2 heterocycles. The van der Waals surface area contributed by atoms with E-state index in [2.05, 4.69) is 4.98 Å². The van der Waals surface area contributed by atoms with Gasteiger partial charge in [-0.2, -0.15) is 13.2 Å². The number of H-pyrrole nitrogens is 1. The molecule has 0 aliphatic carbocycles. The number of pyridine rings is 2. The van der Waals surface area contributed by atoms with Crippen LogP contribution in [0.5, 0.6) is 5.75 Å². The average Bonchev–Trinajstić information content (AvgIpc) is 2.15. The van der Waals surface area contributed by atoms with Gasteiger partial charge in [0.1, 0.15) is 11.4 Å². The van der Waals surface area contributed by atoms with Crippen molar-refractivity contribution < 1.29 is 18.3 Å². The second-order valence-electron chi connectivity index (χ2n) is 3.08. The van der Waals surface area contributed by atoms with Gasteiger partial charge in [0, 0.05) is 6.20 Å². The summed E-state index contributed by atoms with van der Waals surface area (Å²) in [5, 5.41) is 9.24. The first kappa shape index (κ1) is 10.5. The zero-order valence-corrected chi connectivity index (χ0v) is 7.67. The Labute approximate surface area is 86.4 Å². The zero-order chi connectivity index (χ0) is 11.9. The number of alkyl halides is 3. The van der Waals surface area contributed by atoms with Crippen LogP contribution in [0, 0.1) is 0 Å². The third kappa shape index (κ3) is 1.50. The van der Waals surface area contributed by atoms with Gasteiger partial charge < -0.3 is 10.1 Å². The smallest absolute Gasteiger partial charge is 0.425 e. The van der Waals surface area contributed by atoms with Gasteiger partial charge in [0.15, 0.2) is 5.56 Å². The Bertz CT molecular complexity index is 604. The van der Waals surface area contributed by atoms with Crippen molar-refractivity contribution in [3.05, 3.63) is 34.2 Å². The van der Waals surface area contributed by atoms with Crippen molar-refractivity contribution in [2.45, 2.75) is 6.18 Å². The van der Waals surface area contributed by atoms with Crippen LogP contribution in [0.25, 0.3) is 11.0 Å². The Morgan fingerprint density at radius 1 is 1.38 bits per heavy atom. The van der Waals surface area contributed by atoms with E-state index in [0.717, 1.165) is 0 Å². The predicted octanol–water partition coefficient (Wildman–Crippen LogP) is 1.65. The lowest BCUT2D eigenvalue weighted by molar-refractivity contribution is -0.139. The maximum Gasteiger partial charge on any atom is 0.425 e. The van der Waals surface area contributed by atoms with E-state index >= 15 is 0 Å². The lowest BCUT2D eigenvalue weighted by Gasteiger charge is -2.09. The van der Waals surface area contributed by atoms with Crippen LogP contribution < -0.4 is 5.56 Å². The maximum absolute atomic E-state index is 12.4. The molecule has 0 unspecified atom stereocenters. The Morgan fingerprint density at radius 3 is 2.69 bits per heavy atom. The number of aromatic nitrogens is 2. The van der Waals surface area contributed by atoms with E-state index < -0.39 is 23.0 Å². The third-order valence-corrected chi connectivity index (χ3v) is 2.04. The topological polar surface area (TPSA) is 66.0 Å². The largest absolute Gasteiger partial charge is 0.506 e. The second-order valence-corrected chi connectivity index (χ2v) is 3.08. The van der Waals surface area contributed by atoms with Crippen LogP contribution in [0.4, 0.5) is 13.2 Å². The van der Waals surface area contributed by atoms with E-state index in [1.165, 1.54) is 18.3 Å². The van der Waals surface area contributed by atoms with Crippen LogP contribution in [0.1, 0.15) is 5.56 Å². The van der Waals surface area contributed by atoms with Crippen molar-refractivity contribution in [3.63, 3.8) is 0 Å². The van der Waals surface area contributed by atoms with Gasteiger partial charge in [0.25, 0.3) is 5.56 Å². The molecule has 7 heteroatoms. The molecule has 16 heavy (non-hydrogen) atoms. The molecule has 84 valence electrons. The van der Waals surface area contributed by atoms with Gasteiger partial charge in [-0.05, 0) is 12.1 Å². The summed E-state index contributed by atoms with van der Waals surface area (Å²) in [7, 11) is 0. The fraction of sp³-hybridized carbons (Fsp3) is 0.111. The van der Waals surface area contributed by atoms with E-state index in [9.17, 15) is 23.1 Å². The number of fused-ring (bicyclic) bond motifs is 1. The van der Waals surface area contributed by atoms with Crippen molar-refractivity contribution in [3.8, 4) is 5.75 Å². The Hall–Kier alpha value is -2.05. The highest BCUT2D eigenvalue weighted by atomic mass is 19.4. The summed E-state index contributed by atoms with van der Waals surface area (Å²) in [6.45, 7) is 0. The van der Waals surface area contributed by atoms with Gasteiger partial charge in [-0.3, -0.25) is 4.79 Å². The van der Waals surface area contributed by atoms with Gasteiger partial charge >= 0.3 is 6.18 Å². The van der Waals surface area contributed by atoms with Crippen molar-refractivity contribution >= 4 is 11.0 Å². The molecule has 2 N–H and O–H groups in total. The Kier molecular flexibility index (Phi) is 2.11. The lowest BCUT2D eigenvalue weighted by atomic mass is 10.2. The van der Waals surface area contributed by atoms with E-state index in [-0.39, 0.29) is 11.0 Å². The number of halogens is 3. The molecule has 0 atom stereocenters. The summed E-state index contributed by atoms with van der Waals surface area (Å²) in [4.78, 5) is 16.7. The van der Waals surface area contributed by atoms with Crippen LogP contribution in [0.3, 0.4) is 0 Å². The normalized spacial score (nSPS) is 11.9. The molecule has 0 saturated carbocycles. The molecule has 0 aromatic carbocycles. The number of nitrogens with one attached hydrogen (secondary N) is 1. The standard InChI is InChI=1S/C9H5F3N2O2/c10-9(11,12)5-6(15)4-2-1-3-13-7(4)14-8(5)16/h1-3H,(H2,13,14,15,16). The quantitative estimate of drug-likeness (QED) is 0.723. The second kappa shape index (κ2) is 3.22. The van der Waals surface area contributed by atoms with Gasteiger partial charge in [-0.1, -0.05) is 0 Å². The number of rotatable bonds is 0. The van der Waals surface area contributed by atoms with Crippen LogP contribution >= 0.6 is 0 Å². The minimum Gasteiger partial charge on any atom is -0.506 e. The van der Waals surface area contributed by atoms with Gasteiger partial charge in [0.05, 0.1) is 5.39 Å². The first-order valence-corrected chi connectivity index (χ1v) is 4.18. The first-order valence-electron chi connectivity index (χ1n) is 4.18. The molecule has 0 aliphatic heterocycles. The minimum atomic E-state index is -4.90. The molecule has 0 radical (unpaired) electrons. The van der Waals surface area contributed by atoms with E-state index in [1.54, 1.807) is 0 Å². The van der Waals surface area contributed by atoms with Gasteiger partial charge in [0.2, 0.25) is 0 Å². The summed E-state index contributed by atoms with van der Waals surface area (Å²) < 4.78 is 37.3. The number of nitrogens with zero attached hydrogens (tertiary/aromatic N) is 1. The summed E-state index contributed by atoms with van der Waals surface area (Å²) in [5.41, 5.74) is -3.10. The van der Waals surface area contributed by atoms with Crippen molar-refractivity contribution in [1.82, 2.24) is 9.97 Å².